The lowest BCUT2D eigenvalue weighted by Crippen LogP contribution is -2.39. The maximum atomic E-state index is 5.63. The summed E-state index contributed by atoms with van der Waals surface area (Å²) in [6.45, 7) is 10.1. The van der Waals surface area contributed by atoms with Gasteiger partial charge in [-0.25, -0.2) is 4.98 Å². The highest BCUT2D eigenvalue weighted by molar-refractivity contribution is 14.0. The SMILES string of the molecule is CN=C(NCCCOCC1CC1)NCCc1nc(C(C)(C)C)cs1.I. The zero-order valence-electron chi connectivity index (χ0n) is 15.9. The Morgan fingerprint density at radius 3 is 2.64 bits per heavy atom. The first-order chi connectivity index (χ1) is 11.5. The van der Waals surface area contributed by atoms with Crippen LogP contribution in [0.5, 0.6) is 0 Å². The van der Waals surface area contributed by atoms with Gasteiger partial charge in [0.2, 0.25) is 0 Å². The maximum absolute atomic E-state index is 5.63. The number of nitrogens with one attached hydrogen (secondary N) is 2. The number of nitrogens with zero attached hydrogens (tertiary/aromatic N) is 2. The van der Waals surface area contributed by atoms with Crippen molar-refractivity contribution < 1.29 is 4.74 Å². The van der Waals surface area contributed by atoms with Crippen molar-refractivity contribution in [1.29, 1.82) is 0 Å². The molecule has 1 saturated carbocycles. The van der Waals surface area contributed by atoms with Crippen molar-refractivity contribution in [2.24, 2.45) is 10.9 Å². The Hall–Kier alpha value is -0.410. The summed E-state index contributed by atoms with van der Waals surface area (Å²) in [6, 6.07) is 0. The van der Waals surface area contributed by atoms with Crippen molar-refractivity contribution >= 4 is 41.3 Å². The van der Waals surface area contributed by atoms with Gasteiger partial charge >= 0.3 is 0 Å². The zero-order chi connectivity index (χ0) is 17.4. The average Bonchev–Trinajstić information content (AvgIpc) is 3.23. The Morgan fingerprint density at radius 1 is 1.32 bits per heavy atom. The molecule has 1 aliphatic rings. The van der Waals surface area contributed by atoms with E-state index >= 15 is 0 Å². The molecule has 1 aliphatic carbocycles. The van der Waals surface area contributed by atoms with Gasteiger partial charge in [-0.2, -0.15) is 0 Å². The molecule has 0 saturated heterocycles. The number of guanidine groups is 1. The molecule has 1 heterocycles. The van der Waals surface area contributed by atoms with E-state index in [0.29, 0.717) is 0 Å². The van der Waals surface area contributed by atoms with Crippen LogP contribution in [0.1, 0.15) is 50.7 Å². The van der Waals surface area contributed by atoms with Crippen molar-refractivity contribution in [3.8, 4) is 0 Å². The van der Waals surface area contributed by atoms with Crippen LogP contribution in [0.2, 0.25) is 0 Å². The molecule has 2 N–H and O–H groups in total. The molecule has 0 unspecified atom stereocenters. The summed E-state index contributed by atoms with van der Waals surface area (Å²) in [5, 5.41) is 10.0. The van der Waals surface area contributed by atoms with Crippen LogP contribution in [0.25, 0.3) is 0 Å². The summed E-state index contributed by atoms with van der Waals surface area (Å²) in [6.07, 6.45) is 4.64. The van der Waals surface area contributed by atoms with Crippen molar-refractivity contribution in [2.75, 3.05) is 33.4 Å². The number of thiazole rings is 1. The third-order valence-electron chi connectivity index (χ3n) is 3.98. The largest absolute Gasteiger partial charge is 0.381 e. The number of aromatic nitrogens is 1. The lowest BCUT2D eigenvalue weighted by molar-refractivity contribution is 0.123. The van der Waals surface area contributed by atoms with Crippen molar-refractivity contribution in [1.82, 2.24) is 15.6 Å². The number of ether oxygens (including phenoxy) is 1. The van der Waals surface area contributed by atoms with Gasteiger partial charge < -0.3 is 15.4 Å². The van der Waals surface area contributed by atoms with Crippen LogP contribution < -0.4 is 10.6 Å². The standard InChI is InChI=1S/C18H32N4OS.HI/c1-18(2,3)15-13-24-16(22-15)8-10-21-17(19-4)20-9-5-11-23-12-14-6-7-14;/h13-14H,5-12H2,1-4H3,(H2,19,20,21);1H. The normalized spacial score (nSPS) is 15.0. The first-order valence-electron chi connectivity index (χ1n) is 8.96. The van der Waals surface area contributed by atoms with Crippen LogP contribution in [-0.4, -0.2) is 44.3 Å². The molecular weight excluding hydrogens is 447 g/mol. The van der Waals surface area contributed by atoms with Crippen molar-refractivity contribution in [2.45, 2.75) is 51.9 Å². The highest BCUT2D eigenvalue weighted by Crippen LogP contribution is 2.28. The predicted octanol–water partition coefficient (Wildman–Crippen LogP) is 3.58. The number of halogens is 1. The van der Waals surface area contributed by atoms with Crippen LogP contribution in [-0.2, 0) is 16.6 Å². The topological polar surface area (TPSA) is 58.5 Å². The molecule has 0 bridgehead atoms. The van der Waals surface area contributed by atoms with E-state index in [-0.39, 0.29) is 29.4 Å². The first kappa shape index (κ1) is 22.6. The second-order valence-corrected chi connectivity index (χ2v) is 8.37. The van der Waals surface area contributed by atoms with Gasteiger partial charge in [-0.3, -0.25) is 4.99 Å². The van der Waals surface area contributed by atoms with Gasteiger partial charge in [0.25, 0.3) is 0 Å². The van der Waals surface area contributed by atoms with Gasteiger partial charge in [-0.15, -0.1) is 35.3 Å². The minimum atomic E-state index is 0. The van der Waals surface area contributed by atoms with Crippen LogP contribution in [0.15, 0.2) is 10.4 Å². The summed E-state index contributed by atoms with van der Waals surface area (Å²) < 4.78 is 5.63. The second-order valence-electron chi connectivity index (χ2n) is 7.42. The first-order valence-corrected chi connectivity index (χ1v) is 9.84. The number of aliphatic imine (C=N–C) groups is 1. The summed E-state index contributed by atoms with van der Waals surface area (Å²) >= 11 is 1.74. The van der Waals surface area contributed by atoms with Crippen LogP contribution in [0.3, 0.4) is 0 Å². The van der Waals surface area contributed by atoms with E-state index in [9.17, 15) is 0 Å². The summed E-state index contributed by atoms with van der Waals surface area (Å²) in [7, 11) is 1.81. The van der Waals surface area contributed by atoms with E-state index in [1.165, 1.54) is 23.5 Å². The maximum Gasteiger partial charge on any atom is 0.190 e. The van der Waals surface area contributed by atoms with Gasteiger partial charge in [0.1, 0.15) is 0 Å². The summed E-state index contributed by atoms with van der Waals surface area (Å²) in [5.74, 6) is 1.70. The lowest BCUT2D eigenvalue weighted by atomic mass is 9.93. The molecule has 7 heteroatoms. The molecule has 5 nitrogen and oxygen atoms in total. The molecule has 2 rings (SSSR count). The molecule has 1 aromatic rings. The molecule has 25 heavy (non-hydrogen) atoms. The minimum absolute atomic E-state index is 0. The highest BCUT2D eigenvalue weighted by Gasteiger charge is 2.20. The Balaban J connectivity index is 0.00000312. The van der Waals surface area contributed by atoms with Gasteiger partial charge in [0, 0.05) is 50.6 Å². The Kier molecular flexibility index (Phi) is 10.3. The molecular formula is C18H33IN4OS. The highest BCUT2D eigenvalue weighted by atomic mass is 127. The fourth-order valence-electron chi connectivity index (χ4n) is 2.19. The minimum Gasteiger partial charge on any atom is -0.381 e. The van der Waals surface area contributed by atoms with Crippen molar-refractivity contribution in [3.63, 3.8) is 0 Å². The molecule has 1 aromatic heterocycles. The monoisotopic (exact) mass is 480 g/mol. The van der Waals surface area contributed by atoms with Crippen LogP contribution in [0.4, 0.5) is 0 Å². The fraction of sp³-hybridized carbons (Fsp3) is 0.778. The Labute approximate surface area is 173 Å². The Bertz CT molecular complexity index is 523. The number of rotatable bonds is 9. The summed E-state index contributed by atoms with van der Waals surface area (Å²) in [5.41, 5.74) is 1.30. The lowest BCUT2D eigenvalue weighted by Gasteiger charge is -2.14. The summed E-state index contributed by atoms with van der Waals surface area (Å²) in [4.78, 5) is 8.98. The second kappa shape index (κ2) is 11.3. The molecule has 0 amide bonds. The average molecular weight is 480 g/mol. The van der Waals surface area contributed by atoms with E-state index < -0.39 is 0 Å². The van der Waals surface area contributed by atoms with Gasteiger partial charge in [0.15, 0.2) is 5.96 Å². The van der Waals surface area contributed by atoms with E-state index in [2.05, 4.69) is 41.8 Å². The van der Waals surface area contributed by atoms with Gasteiger partial charge in [0.05, 0.1) is 10.7 Å². The third-order valence-corrected chi connectivity index (χ3v) is 4.89. The van der Waals surface area contributed by atoms with E-state index in [1.54, 1.807) is 18.4 Å². The van der Waals surface area contributed by atoms with Crippen LogP contribution in [0, 0.1) is 5.92 Å². The molecule has 1 fully saturated rings. The fourth-order valence-corrected chi connectivity index (χ4v) is 3.22. The van der Waals surface area contributed by atoms with Gasteiger partial charge in [-0.1, -0.05) is 20.8 Å². The molecule has 0 radical (unpaired) electrons. The number of hydrogen-bond donors (Lipinski definition) is 2. The Morgan fingerprint density at radius 2 is 2.04 bits per heavy atom. The number of hydrogen-bond acceptors (Lipinski definition) is 4. The van der Waals surface area contributed by atoms with E-state index in [0.717, 1.165) is 51.0 Å². The van der Waals surface area contributed by atoms with Crippen LogP contribution >= 0.6 is 35.3 Å². The quantitative estimate of drug-likeness (QED) is 0.246. The molecule has 0 aromatic carbocycles. The van der Waals surface area contributed by atoms with Gasteiger partial charge in [-0.05, 0) is 25.2 Å². The van der Waals surface area contributed by atoms with Crippen molar-refractivity contribution in [3.05, 3.63) is 16.1 Å². The predicted molar refractivity (Wildman–Crippen MR) is 117 cm³/mol. The molecule has 0 spiro atoms. The molecule has 144 valence electrons. The van der Waals surface area contributed by atoms with E-state index in [4.69, 9.17) is 9.72 Å². The van der Waals surface area contributed by atoms with E-state index in [1.807, 2.05) is 0 Å². The molecule has 0 atom stereocenters. The third kappa shape index (κ3) is 9.19. The zero-order valence-corrected chi connectivity index (χ0v) is 19.1. The molecule has 0 aliphatic heterocycles. The smallest absolute Gasteiger partial charge is 0.190 e.